The average Bonchev–Trinajstić information content (AvgIpc) is 2.71. The van der Waals surface area contributed by atoms with Gasteiger partial charge in [-0.2, -0.15) is 0 Å². The summed E-state index contributed by atoms with van der Waals surface area (Å²) in [5, 5.41) is -0.339. The summed E-state index contributed by atoms with van der Waals surface area (Å²) in [6, 6.07) is 5.46. The zero-order valence-electron chi connectivity index (χ0n) is 15.7. The van der Waals surface area contributed by atoms with Gasteiger partial charge in [-0.25, -0.2) is 8.42 Å². The first kappa shape index (κ1) is 19.6. The molecule has 146 valence electrons. The van der Waals surface area contributed by atoms with E-state index in [9.17, 15) is 18.0 Å². The normalized spacial score (nSPS) is 18.1. The van der Waals surface area contributed by atoms with Crippen molar-refractivity contribution in [2.45, 2.75) is 37.9 Å². The maximum Gasteiger partial charge on any atom is 0.253 e. The smallest absolute Gasteiger partial charge is 0.253 e. The standard InChI is InChI=1S/C20H26N2O4S/c1-3-19(23)22-11-5-6-15-14-16(7-8-18(15)22)20(24)21-12-9-17(10-13-21)27(25,26)4-2/h3,7-8,14,17H,1,4-6,9-13H2,2H3. The van der Waals surface area contributed by atoms with E-state index in [0.717, 1.165) is 24.1 Å². The Bertz CT molecular complexity index is 855. The van der Waals surface area contributed by atoms with E-state index < -0.39 is 9.84 Å². The molecule has 1 aromatic rings. The van der Waals surface area contributed by atoms with Crippen molar-refractivity contribution in [3.05, 3.63) is 42.0 Å². The van der Waals surface area contributed by atoms with Crippen LogP contribution in [0.15, 0.2) is 30.9 Å². The van der Waals surface area contributed by atoms with E-state index in [4.69, 9.17) is 0 Å². The summed E-state index contributed by atoms with van der Waals surface area (Å²) in [6.07, 6.45) is 3.98. The topological polar surface area (TPSA) is 74.8 Å². The Kier molecular flexibility index (Phi) is 5.69. The second kappa shape index (κ2) is 7.84. The van der Waals surface area contributed by atoms with Gasteiger partial charge in [-0.05, 0) is 55.5 Å². The fraction of sp³-hybridized carbons (Fsp3) is 0.500. The molecular formula is C20H26N2O4S. The number of hydrogen-bond acceptors (Lipinski definition) is 4. The number of sulfone groups is 1. The number of anilines is 1. The molecule has 1 fully saturated rings. The summed E-state index contributed by atoms with van der Waals surface area (Å²) in [6.45, 7) is 6.79. The number of rotatable bonds is 4. The van der Waals surface area contributed by atoms with Crippen molar-refractivity contribution in [2.24, 2.45) is 0 Å². The summed E-state index contributed by atoms with van der Waals surface area (Å²) in [5.41, 5.74) is 2.43. The van der Waals surface area contributed by atoms with Crippen molar-refractivity contribution in [3.63, 3.8) is 0 Å². The molecule has 1 aromatic carbocycles. The number of hydrogen-bond donors (Lipinski definition) is 0. The van der Waals surface area contributed by atoms with Crippen molar-refractivity contribution < 1.29 is 18.0 Å². The fourth-order valence-corrected chi connectivity index (χ4v) is 5.31. The Labute approximate surface area is 160 Å². The van der Waals surface area contributed by atoms with Crippen LogP contribution < -0.4 is 4.90 Å². The summed E-state index contributed by atoms with van der Waals surface area (Å²) < 4.78 is 24.1. The van der Waals surface area contributed by atoms with Crippen LogP contribution in [0.5, 0.6) is 0 Å². The third kappa shape index (κ3) is 3.93. The number of likely N-dealkylation sites (tertiary alicyclic amines) is 1. The van der Waals surface area contributed by atoms with E-state index in [-0.39, 0.29) is 22.8 Å². The Morgan fingerprint density at radius 3 is 2.56 bits per heavy atom. The minimum absolute atomic E-state index is 0.0719. The molecule has 0 atom stereocenters. The SMILES string of the molecule is C=CC(=O)N1CCCc2cc(C(=O)N3CCC(S(=O)(=O)CC)CC3)ccc21. The molecule has 2 aliphatic heterocycles. The number of nitrogens with zero attached hydrogens (tertiary/aromatic N) is 2. The number of aryl methyl sites for hydroxylation is 1. The fourth-order valence-electron chi connectivity index (χ4n) is 3.91. The van der Waals surface area contributed by atoms with Gasteiger partial charge in [0.2, 0.25) is 5.91 Å². The van der Waals surface area contributed by atoms with Gasteiger partial charge in [-0.15, -0.1) is 0 Å². The first-order valence-corrected chi connectivity index (χ1v) is 11.2. The Hall–Kier alpha value is -2.15. The van der Waals surface area contributed by atoms with Gasteiger partial charge in [-0.1, -0.05) is 13.5 Å². The van der Waals surface area contributed by atoms with Gasteiger partial charge >= 0.3 is 0 Å². The summed E-state index contributed by atoms with van der Waals surface area (Å²) >= 11 is 0. The summed E-state index contributed by atoms with van der Waals surface area (Å²) in [4.78, 5) is 28.3. The number of amides is 2. The highest BCUT2D eigenvalue weighted by molar-refractivity contribution is 7.92. The number of fused-ring (bicyclic) bond motifs is 1. The molecule has 0 aliphatic carbocycles. The third-order valence-corrected chi connectivity index (χ3v) is 7.82. The van der Waals surface area contributed by atoms with Crippen LogP contribution in [-0.4, -0.2) is 55.8 Å². The molecule has 0 unspecified atom stereocenters. The molecule has 7 heteroatoms. The van der Waals surface area contributed by atoms with E-state index in [0.29, 0.717) is 38.0 Å². The second-order valence-corrected chi connectivity index (χ2v) is 9.65. The quantitative estimate of drug-likeness (QED) is 0.739. The van der Waals surface area contributed by atoms with Crippen LogP contribution >= 0.6 is 0 Å². The molecule has 0 N–H and O–H groups in total. The zero-order chi connectivity index (χ0) is 19.6. The molecule has 2 aliphatic rings. The largest absolute Gasteiger partial charge is 0.339 e. The molecule has 27 heavy (non-hydrogen) atoms. The first-order valence-electron chi connectivity index (χ1n) is 9.45. The van der Waals surface area contributed by atoms with Crippen LogP contribution in [-0.2, 0) is 21.1 Å². The lowest BCUT2D eigenvalue weighted by Crippen LogP contribution is -2.43. The van der Waals surface area contributed by atoms with Crippen molar-refractivity contribution >= 4 is 27.3 Å². The molecule has 0 radical (unpaired) electrons. The maximum absolute atomic E-state index is 12.9. The first-order chi connectivity index (χ1) is 12.9. The van der Waals surface area contributed by atoms with Crippen LogP contribution in [0.4, 0.5) is 5.69 Å². The Morgan fingerprint density at radius 2 is 1.93 bits per heavy atom. The molecule has 6 nitrogen and oxygen atoms in total. The average molecular weight is 391 g/mol. The monoisotopic (exact) mass is 390 g/mol. The van der Waals surface area contributed by atoms with Crippen molar-refractivity contribution in [3.8, 4) is 0 Å². The van der Waals surface area contributed by atoms with Crippen molar-refractivity contribution in [1.29, 1.82) is 0 Å². The molecule has 2 heterocycles. The lowest BCUT2D eigenvalue weighted by Gasteiger charge is -2.32. The minimum Gasteiger partial charge on any atom is -0.339 e. The zero-order valence-corrected chi connectivity index (χ0v) is 16.5. The number of piperidine rings is 1. The summed E-state index contributed by atoms with van der Waals surface area (Å²) in [5.74, 6) is -0.0531. The highest BCUT2D eigenvalue weighted by Crippen LogP contribution is 2.29. The molecule has 0 aromatic heterocycles. The van der Waals surface area contributed by atoms with Crippen LogP contribution in [0.25, 0.3) is 0 Å². The molecule has 2 amide bonds. The predicted molar refractivity (Wildman–Crippen MR) is 106 cm³/mol. The molecule has 0 saturated carbocycles. The summed E-state index contributed by atoms with van der Waals surface area (Å²) in [7, 11) is -3.05. The van der Waals surface area contributed by atoms with Gasteiger partial charge in [0.05, 0.1) is 5.25 Å². The van der Waals surface area contributed by atoms with Gasteiger partial charge in [0, 0.05) is 36.6 Å². The van der Waals surface area contributed by atoms with E-state index >= 15 is 0 Å². The minimum atomic E-state index is -3.05. The van der Waals surface area contributed by atoms with E-state index in [1.54, 1.807) is 22.8 Å². The van der Waals surface area contributed by atoms with E-state index in [1.165, 1.54) is 6.08 Å². The van der Waals surface area contributed by atoms with Gasteiger partial charge < -0.3 is 9.80 Å². The molecule has 0 spiro atoms. The molecule has 3 rings (SSSR count). The van der Waals surface area contributed by atoms with Crippen LogP contribution in [0.2, 0.25) is 0 Å². The Morgan fingerprint density at radius 1 is 1.22 bits per heavy atom. The molecular weight excluding hydrogens is 364 g/mol. The van der Waals surface area contributed by atoms with Gasteiger partial charge in [-0.3, -0.25) is 9.59 Å². The van der Waals surface area contributed by atoms with E-state index in [2.05, 4.69) is 6.58 Å². The van der Waals surface area contributed by atoms with Gasteiger partial charge in [0.25, 0.3) is 5.91 Å². The third-order valence-electron chi connectivity index (χ3n) is 5.53. The number of benzene rings is 1. The van der Waals surface area contributed by atoms with Crippen LogP contribution in [0, 0.1) is 0 Å². The lowest BCUT2D eigenvalue weighted by atomic mass is 9.98. The second-order valence-electron chi connectivity index (χ2n) is 7.08. The van der Waals surface area contributed by atoms with Gasteiger partial charge in [0.1, 0.15) is 0 Å². The van der Waals surface area contributed by atoms with Crippen molar-refractivity contribution in [1.82, 2.24) is 4.90 Å². The molecule has 1 saturated heterocycles. The Balaban J connectivity index is 1.74. The maximum atomic E-state index is 12.9. The highest BCUT2D eigenvalue weighted by Gasteiger charge is 2.31. The van der Waals surface area contributed by atoms with Gasteiger partial charge in [0.15, 0.2) is 9.84 Å². The van der Waals surface area contributed by atoms with Crippen molar-refractivity contribution in [2.75, 3.05) is 30.3 Å². The number of carbonyl (C=O) groups is 2. The van der Waals surface area contributed by atoms with E-state index in [1.807, 2.05) is 12.1 Å². The molecule has 0 bridgehead atoms. The predicted octanol–water partition coefficient (Wildman–Crippen LogP) is 2.19. The van der Waals surface area contributed by atoms with Crippen LogP contribution in [0.3, 0.4) is 0 Å². The lowest BCUT2D eigenvalue weighted by molar-refractivity contribution is -0.114. The highest BCUT2D eigenvalue weighted by atomic mass is 32.2. The number of carbonyl (C=O) groups excluding carboxylic acids is 2. The van der Waals surface area contributed by atoms with Crippen LogP contribution in [0.1, 0.15) is 42.1 Å².